The Labute approximate surface area is 85.1 Å². The maximum Gasteiger partial charge on any atom is 0.362 e. The van der Waals surface area contributed by atoms with E-state index in [0.29, 0.717) is 5.92 Å². The first-order valence-corrected chi connectivity index (χ1v) is 4.76. The van der Waals surface area contributed by atoms with Gasteiger partial charge in [-0.3, -0.25) is 0 Å². The van der Waals surface area contributed by atoms with Crippen LogP contribution in [0.2, 0.25) is 0 Å². The van der Waals surface area contributed by atoms with Gasteiger partial charge in [-0.2, -0.15) is 0 Å². The zero-order valence-corrected chi connectivity index (χ0v) is 8.59. The van der Waals surface area contributed by atoms with Crippen molar-refractivity contribution in [2.24, 2.45) is 5.92 Å². The van der Waals surface area contributed by atoms with E-state index >= 15 is 0 Å². The second-order valence-electron chi connectivity index (χ2n) is 3.77. The van der Waals surface area contributed by atoms with E-state index in [-0.39, 0.29) is 12.4 Å². The first kappa shape index (κ1) is 12.7. The molecule has 0 aromatic rings. The topological polar surface area (TPSA) is 64.9 Å². The molecule has 0 heterocycles. The summed E-state index contributed by atoms with van der Waals surface area (Å²) >= 11 is 0. The SMILES string of the molecule is [Cl-].[NH3+][C@@H](CC1CCCCC1)C(=O)O. The summed E-state index contributed by atoms with van der Waals surface area (Å²) in [6.45, 7) is 0. The highest BCUT2D eigenvalue weighted by molar-refractivity contribution is 5.71. The number of quaternary nitrogens is 1. The first-order valence-electron chi connectivity index (χ1n) is 4.76. The maximum atomic E-state index is 10.5. The quantitative estimate of drug-likeness (QED) is 0.545. The summed E-state index contributed by atoms with van der Waals surface area (Å²) in [6.07, 6.45) is 7.06. The Balaban J connectivity index is 0.00000144. The Kier molecular flexibility index (Phi) is 6.08. The van der Waals surface area contributed by atoms with Crippen LogP contribution < -0.4 is 18.1 Å². The van der Waals surface area contributed by atoms with Crippen molar-refractivity contribution in [1.82, 2.24) is 0 Å². The summed E-state index contributed by atoms with van der Waals surface area (Å²) in [5, 5.41) is 8.65. The van der Waals surface area contributed by atoms with E-state index in [0.717, 1.165) is 6.42 Å². The summed E-state index contributed by atoms with van der Waals surface area (Å²) in [4.78, 5) is 10.5. The summed E-state index contributed by atoms with van der Waals surface area (Å²) in [5.74, 6) is -0.127. The summed E-state index contributed by atoms with van der Waals surface area (Å²) in [6, 6.07) is -0.395. The standard InChI is InChI=1S/C9H17NO2.ClH/c10-8(9(11)12)6-7-4-2-1-3-5-7;/h7-8H,1-6,10H2,(H,11,12);1H/t8-;/m0./s1. The number of carbonyl (C=O) groups is 1. The summed E-state index contributed by atoms with van der Waals surface area (Å²) in [5.41, 5.74) is 3.63. The lowest BCUT2D eigenvalue weighted by atomic mass is 9.85. The van der Waals surface area contributed by atoms with Crippen LogP contribution in [0.15, 0.2) is 0 Å². The third-order valence-corrected chi connectivity index (χ3v) is 2.69. The van der Waals surface area contributed by atoms with Crippen LogP contribution in [0.3, 0.4) is 0 Å². The van der Waals surface area contributed by atoms with Crippen LogP contribution in [0.5, 0.6) is 0 Å². The molecule has 4 N–H and O–H groups in total. The van der Waals surface area contributed by atoms with Crippen LogP contribution in [0.1, 0.15) is 38.5 Å². The number of carboxylic acids is 1. The first-order chi connectivity index (χ1) is 5.70. The lowest BCUT2D eigenvalue weighted by Crippen LogP contribution is -3.00. The van der Waals surface area contributed by atoms with E-state index in [4.69, 9.17) is 5.11 Å². The second-order valence-corrected chi connectivity index (χ2v) is 3.77. The van der Waals surface area contributed by atoms with Gasteiger partial charge in [0.15, 0.2) is 6.04 Å². The van der Waals surface area contributed by atoms with Crippen molar-refractivity contribution in [2.75, 3.05) is 0 Å². The number of hydrogen-bond acceptors (Lipinski definition) is 1. The Morgan fingerprint density at radius 1 is 1.38 bits per heavy atom. The number of halogens is 1. The van der Waals surface area contributed by atoms with E-state index < -0.39 is 12.0 Å². The molecule has 1 saturated carbocycles. The van der Waals surface area contributed by atoms with Crippen molar-refractivity contribution in [2.45, 2.75) is 44.6 Å². The monoisotopic (exact) mass is 207 g/mol. The molecular weight excluding hydrogens is 190 g/mol. The number of hydrogen-bond donors (Lipinski definition) is 2. The highest BCUT2D eigenvalue weighted by Crippen LogP contribution is 2.26. The third-order valence-electron chi connectivity index (χ3n) is 2.69. The molecule has 1 rings (SSSR count). The highest BCUT2D eigenvalue weighted by atomic mass is 35.5. The largest absolute Gasteiger partial charge is 1.00 e. The molecule has 0 aromatic carbocycles. The summed E-state index contributed by atoms with van der Waals surface area (Å²) < 4.78 is 0. The van der Waals surface area contributed by atoms with Gasteiger partial charge in [0.05, 0.1) is 0 Å². The molecule has 4 heteroatoms. The Morgan fingerprint density at radius 2 is 1.92 bits per heavy atom. The fourth-order valence-electron chi connectivity index (χ4n) is 1.93. The maximum absolute atomic E-state index is 10.5. The van der Waals surface area contributed by atoms with E-state index in [2.05, 4.69) is 5.73 Å². The van der Waals surface area contributed by atoms with Crippen molar-refractivity contribution < 1.29 is 28.0 Å². The Bertz CT molecular complexity index is 158. The molecule has 78 valence electrons. The van der Waals surface area contributed by atoms with Crippen LogP contribution >= 0.6 is 0 Å². The van der Waals surface area contributed by atoms with Gasteiger partial charge in [-0.15, -0.1) is 0 Å². The average Bonchev–Trinajstić information content (AvgIpc) is 2.06. The zero-order valence-electron chi connectivity index (χ0n) is 7.84. The fourth-order valence-corrected chi connectivity index (χ4v) is 1.93. The summed E-state index contributed by atoms with van der Waals surface area (Å²) in [7, 11) is 0. The highest BCUT2D eigenvalue weighted by Gasteiger charge is 2.22. The molecule has 0 spiro atoms. The molecule has 0 saturated heterocycles. The third kappa shape index (κ3) is 4.48. The predicted octanol–water partition coefficient (Wildman–Crippen LogP) is -2.34. The zero-order chi connectivity index (χ0) is 8.97. The van der Waals surface area contributed by atoms with Gasteiger partial charge in [-0.1, -0.05) is 32.1 Å². The van der Waals surface area contributed by atoms with Gasteiger partial charge in [-0.25, -0.2) is 4.79 Å². The fraction of sp³-hybridized carbons (Fsp3) is 0.889. The molecule has 0 radical (unpaired) electrons. The van der Waals surface area contributed by atoms with Gasteiger partial charge >= 0.3 is 5.97 Å². The van der Waals surface area contributed by atoms with Gasteiger partial charge in [0.2, 0.25) is 0 Å². The molecule has 1 atom stereocenters. The Morgan fingerprint density at radius 3 is 2.38 bits per heavy atom. The molecule has 1 aliphatic rings. The van der Waals surface area contributed by atoms with E-state index in [1.54, 1.807) is 0 Å². The van der Waals surface area contributed by atoms with Gasteiger partial charge in [-0.05, 0) is 5.92 Å². The molecule has 0 bridgehead atoms. The van der Waals surface area contributed by atoms with E-state index in [1.165, 1.54) is 32.1 Å². The molecule has 0 aliphatic heterocycles. The number of aliphatic carboxylic acids is 1. The van der Waals surface area contributed by atoms with Gasteiger partial charge in [0.1, 0.15) is 0 Å². The van der Waals surface area contributed by atoms with Gasteiger partial charge in [0, 0.05) is 6.42 Å². The van der Waals surface area contributed by atoms with Crippen LogP contribution in [0.25, 0.3) is 0 Å². The van der Waals surface area contributed by atoms with E-state index in [9.17, 15) is 4.79 Å². The smallest absolute Gasteiger partial charge is 0.362 e. The lowest BCUT2D eigenvalue weighted by molar-refractivity contribution is -0.411. The van der Waals surface area contributed by atoms with Crippen LogP contribution in [-0.4, -0.2) is 17.1 Å². The van der Waals surface area contributed by atoms with Gasteiger partial charge < -0.3 is 23.2 Å². The van der Waals surface area contributed by atoms with Crippen molar-refractivity contribution in [3.05, 3.63) is 0 Å². The Hall–Kier alpha value is -0.280. The van der Waals surface area contributed by atoms with Crippen molar-refractivity contribution in [3.63, 3.8) is 0 Å². The lowest BCUT2D eigenvalue weighted by Gasteiger charge is -2.21. The molecule has 1 fully saturated rings. The number of rotatable bonds is 3. The minimum absolute atomic E-state index is 0. The molecule has 0 amide bonds. The van der Waals surface area contributed by atoms with Crippen LogP contribution in [0, 0.1) is 5.92 Å². The minimum atomic E-state index is -0.749. The van der Waals surface area contributed by atoms with Crippen molar-refractivity contribution in [1.29, 1.82) is 0 Å². The normalized spacial score (nSPS) is 20.4. The minimum Gasteiger partial charge on any atom is -1.00 e. The molecule has 13 heavy (non-hydrogen) atoms. The molecule has 1 aliphatic carbocycles. The molecule has 0 aromatic heterocycles. The second kappa shape index (κ2) is 6.22. The average molecular weight is 208 g/mol. The van der Waals surface area contributed by atoms with Crippen molar-refractivity contribution >= 4 is 5.97 Å². The molecule has 0 unspecified atom stereocenters. The van der Waals surface area contributed by atoms with Crippen LogP contribution in [-0.2, 0) is 4.79 Å². The molecule has 3 nitrogen and oxygen atoms in total. The number of carboxylic acid groups (broad SMARTS) is 1. The van der Waals surface area contributed by atoms with E-state index in [1.807, 2.05) is 0 Å². The molecular formula is C9H18ClNO2. The predicted molar refractivity (Wildman–Crippen MR) is 45.5 cm³/mol. The van der Waals surface area contributed by atoms with Crippen LogP contribution in [0.4, 0.5) is 0 Å². The van der Waals surface area contributed by atoms with Crippen molar-refractivity contribution in [3.8, 4) is 0 Å². The van der Waals surface area contributed by atoms with Gasteiger partial charge in [0.25, 0.3) is 0 Å².